The van der Waals surface area contributed by atoms with Gasteiger partial charge in [-0.25, -0.2) is 0 Å². The average molecular weight is 338 g/mol. The highest BCUT2D eigenvalue weighted by Gasteiger charge is 2.32. The molecule has 1 aliphatic carbocycles. The van der Waals surface area contributed by atoms with Gasteiger partial charge in [-0.15, -0.1) is 0 Å². The van der Waals surface area contributed by atoms with E-state index in [0.29, 0.717) is 11.8 Å². The van der Waals surface area contributed by atoms with Gasteiger partial charge in [-0.3, -0.25) is 4.79 Å². The fraction of sp³-hybridized carbons (Fsp3) is 0.955. The van der Waals surface area contributed by atoms with E-state index in [1.165, 1.54) is 89.9 Å². The molecule has 2 nitrogen and oxygen atoms in total. The molecule has 0 aromatic carbocycles. The molecular weight excluding hydrogens is 294 g/mol. The topological polar surface area (TPSA) is 20.3 Å². The van der Waals surface area contributed by atoms with Gasteiger partial charge in [0.15, 0.2) is 0 Å². The number of amides is 1. The predicted octanol–water partition coefficient (Wildman–Crippen LogP) is 6.73. The van der Waals surface area contributed by atoms with Gasteiger partial charge in [0.25, 0.3) is 0 Å². The first-order valence-electron chi connectivity index (χ1n) is 11.1. The number of rotatable bonds is 17. The maximum atomic E-state index is 12.4. The second-order valence-corrected chi connectivity index (χ2v) is 7.84. The molecule has 0 aliphatic heterocycles. The van der Waals surface area contributed by atoms with Crippen LogP contribution < -0.4 is 0 Å². The lowest BCUT2D eigenvalue weighted by atomic mass is 10.1. The molecule has 142 valence electrons. The molecule has 1 rings (SSSR count). The van der Waals surface area contributed by atoms with Crippen molar-refractivity contribution < 1.29 is 4.79 Å². The van der Waals surface area contributed by atoms with Crippen molar-refractivity contribution in [2.75, 3.05) is 13.1 Å². The molecule has 1 aliphatic rings. The highest BCUT2D eigenvalue weighted by Crippen LogP contribution is 2.31. The zero-order chi connectivity index (χ0) is 17.5. The Morgan fingerprint density at radius 2 is 1.04 bits per heavy atom. The van der Waals surface area contributed by atoms with E-state index in [9.17, 15) is 4.79 Å². The largest absolute Gasteiger partial charge is 0.342 e. The number of carbonyl (C=O) groups excluding carboxylic acids is 1. The lowest BCUT2D eigenvalue weighted by Gasteiger charge is -2.23. The fourth-order valence-corrected chi connectivity index (χ4v) is 3.44. The van der Waals surface area contributed by atoms with Crippen molar-refractivity contribution in [2.45, 2.75) is 117 Å². The first kappa shape index (κ1) is 21.5. The zero-order valence-corrected chi connectivity index (χ0v) is 16.7. The van der Waals surface area contributed by atoms with E-state index in [4.69, 9.17) is 0 Å². The Bertz CT molecular complexity index is 280. The van der Waals surface area contributed by atoms with Crippen molar-refractivity contribution in [1.82, 2.24) is 4.90 Å². The number of unbranched alkanes of at least 4 members (excludes halogenated alkanes) is 12. The summed E-state index contributed by atoms with van der Waals surface area (Å²) in [5, 5.41) is 0. The van der Waals surface area contributed by atoms with Crippen LogP contribution in [0.2, 0.25) is 0 Å². The van der Waals surface area contributed by atoms with Crippen LogP contribution in [-0.4, -0.2) is 23.9 Å². The summed E-state index contributed by atoms with van der Waals surface area (Å²) in [5.41, 5.74) is 0. The normalized spacial score (nSPS) is 14.1. The van der Waals surface area contributed by atoms with Crippen LogP contribution in [0.3, 0.4) is 0 Å². The van der Waals surface area contributed by atoms with Gasteiger partial charge < -0.3 is 4.90 Å². The van der Waals surface area contributed by atoms with E-state index in [0.717, 1.165) is 25.9 Å². The molecule has 24 heavy (non-hydrogen) atoms. The summed E-state index contributed by atoms with van der Waals surface area (Å²) in [6.07, 6.45) is 20.9. The van der Waals surface area contributed by atoms with Gasteiger partial charge in [0, 0.05) is 19.0 Å². The molecule has 1 saturated carbocycles. The van der Waals surface area contributed by atoms with Crippen molar-refractivity contribution in [1.29, 1.82) is 0 Å². The number of carbonyl (C=O) groups is 1. The Balaban J connectivity index is 2.08. The summed E-state index contributed by atoms with van der Waals surface area (Å²) in [6.45, 7) is 6.56. The molecule has 0 bridgehead atoms. The van der Waals surface area contributed by atoms with E-state index in [1.807, 2.05) is 0 Å². The number of hydrogen-bond donors (Lipinski definition) is 0. The Kier molecular flexibility index (Phi) is 13.3. The maximum Gasteiger partial charge on any atom is 0.225 e. The molecule has 0 N–H and O–H groups in total. The summed E-state index contributed by atoms with van der Waals surface area (Å²) in [5.74, 6) is 0.853. The van der Waals surface area contributed by atoms with Crippen molar-refractivity contribution in [3.05, 3.63) is 0 Å². The quantitative estimate of drug-likeness (QED) is 0.270. The minimum Gasteiger partial charge on any atom is -0.342 e. The molecule has 2 heteroatoms. The molecule has 0 radical (unpaired) electrons. The minimum atomic E-state index is 0.388. The van der Waals surface area contributed by atoms with Crippen LogP contribution in [0.5, 0.6) is 0 Å². The van der Waals surface area contributed by atoms with Crippen molar-refractivity contribution in [3.63, 3.8) is 0 Å². The molecule has 0 unspecified atom stereocenters. The third kappa shape index (κ3) is 11.1. The van der Waals surface area contributed by atoms with Crippen LogP contribution in [0.4, 0.5) is 0 Å². The monoisotopic (exact) mass is 337 g/mol. The van der Waals surface area contributed by atoms with Crippen LogP contribution in [-0.2, 0) is 4.79 Å². The van der Waals surface area contributed by atoms with Gasteiger partial charge in [0.1, 0.15) is 0 Å². The predicted molar refractivity (Wildman–Crippen MR) is 105 cm³/mol. The molecule has 1 fully saturated rings. The maximum absolute atomic E-state index is 12.4. The highest BCUT2D eigenvalue weighted by molar-refractivity contribution is 5.81. The Labute approximate surface area is 151 Å². The molecular formula is C22H43NO. The zero-order valence-electron chi connectivity index (χ0n) is 16.7. The van der Waals surface area contributed by atoms with Gasteiger partial charge >= 0.3 is 0 Å². The molecule has 0 heterocycles. The Morgan fingerprint density at radius 3 is 1.42 bits per heavy atom. The van der Waals surface area contributed by atoms with E-state index in [2.05, 4.69) is 18.7 Å². The van der Waals surface area contributed by atoms with Gasteiger partial charge in [-0.2, -0.15) is 0 Å². The summed E-state index contributed by atoms with van der Waals surface area (Å²) in [7, 11) is 0. The second-order valence-electron chi connectivity index (χ2n) is 7.84. The SMILES string of the molecule is CCCCCCCCCN(CCCCCCCCC)C(=O)C1CC1. The third-order valence-electron chi connectivity index (χ3n) is 5.30. The van der Waals surface area contributed by atoms with Gasteiger partial charge in [-0.1, -0.05) is 90.9 Å². The molecule has 0 saturated heterocycles. The standard InChI is InChI=1S/C22H43NO/c1-3-5-7-9-11-13-15-19-23(22(24)21-17-18-21)20-16-14-12-10-8-6-4-2/h21H,3-20H2,1-2H3. The van der Waals surface area contributed by atoms with Gasteiger partial charge in [0.2, 0.25) is 5.91 Å². The Hall–Kier alpha value is -0.530. The summed E-state index contributed by atoms with van der Waals surface area (Å²) in [6, 6.07) is 0. The first-order chi connectivity index (χ1) is 11.8. The van der Waals surface area contributed by atoms with Crippen LogP contribution >= 0.6 is 0 Å². The van der Waals surface area contributed by atoms with Crippen LogP contribution in [0.25, 0.3) is 0 Å². The molecule has 0 spiro atoms. The van der Waals surface area contributed by atoms with Crippen LogP contribution in [0.15, 0.2) is 0 Å². The number of nitrogens with zero attached hydrogens (tertiary/aromatic N) is 1. The lowest BCUT2D eigenvalue weighted by molar-refractivity contribution is -0.132. The fourth-order valence-electron chi connectivity index (χ4n) is 3.44. The Morgan fingerprint density at radius 1 is 0.667 bits per heavy atom. The highest BCUT2D eigenvalue weighted by atomic mass is 16.2. The average Bonchev–Trinajstić information content (AvgIpc) is 3.42. The summed E-state index contributed by atoms with van der Waals surface area (Å²) >= 11 is 0. The third-order valence-corrected chi connectivity index (χ3v) is 5.30. The lowest BCUT2D eigenvalue weighted by Crippen LogP contribution is -2.34. The molecule has 0 aromatic heterocycles. The van der Waals surface area contributed by atoms with E-state index in [-0.39, 0.29) is 0 Å². The van der Waals surface area contributed by atoms with Crippen LogP contribution in [0.1, 0.15) is 117 Å². The van der Waals surface area contributed by atoms with Gasteiger partial charge in [-0.05, 0) is 25.7 Å². The smallest absolute Gasteiger partial charge is 0.225 e. The molecule has 0 atom stereocenters. The van der Waals surface area contributed by atoms with Crippen molar-refractivity contribution >= 4 is 5.91 Å². The summed E-state index contributed by atoms with van der Waals surface area (Å²) in [4.78, 5) is 14.6. The van der Waals surface area contributed by atoms with Crippen LogP contribution in [0, 0.1) is 5.92 Å². The van der Waals surface area contributed by atoms with E-state index >= 15 is 0 Å². The molecule has 0 aromatic rings. The van der Waals surface area contributed by atoms with E-state index in [1.54, 1.807) is 0 Å². The summed E-state index contributed by atoms with van der Waals surface area (Å²) < 4.78 is 0. The van der Waals surface area contributed by atoms with Crippen molar-refractivity contribution in [3.8, 4) is 0 Å². The molecule has 1 amide bonds. The minimum absolute atomic E-state index is 0.388. The van der Waals surface area contributed by atoms with E-state index < -0.39 is 0 Å². The van der Waals surface area contributed by atoms with Gasteiger partial charge in [0.05, 0.1) is 0 Å². The second kappa shape index (κ2) is 14.8. The first-order valence-corrected chi connectivity index (χ1v) is 11.1. The van der Waals surface area contributed by atoms with Crippen molar-refractivity contribution in [2.24, 2.45) is 5.92 Å². The number of hydrogen-bond acceptors (Lipinski definition) is 1.